The molecule has 154 valence electrons. The molecule has 2 aromatic rings. The first-order valence-corrected chi connectivity index (χ1v) is 10.3. The minimum atomic E-state index is -0.156. The molecule has 0 spiro atoms. The minimum absolute atomic E-state index is 0.0226. The fraction of sp³-hybridized carbons (Fsp3) is 0.364. The van der Waals surface area contributed by atoms with Gasteiger partial charge >= 0.3 is 0 Å². The van der Waals surface area contributed by atoms with E-state index < -0.39 is 0 Å². The Morgan fingerprint density at radius 2 is 1.86 bits per heavy atom. The number of nitrogens with zero attached hydrogens (tertiary/aromatic N) is 1. The molecule has 0 atom stereocenters. The van der Waals surface area contributed by atoms with Gasteiger partial charge in [-0.05, 0) is 62.1 Å². The summed E-state index contributed by atoms with van der Waals surface area (Å²) in [6.07, 6.45) is 1.37. The molecule has 0 radical (unpaired) electrons. The normalized spacial score (nSPS) is 14.6. The summed E-state index contributed by atoms with van der Waals surface area (Å²) in [6, 6.07) is 10.7. The van der Waals surface area contributed by atoms with Gasteiger partial charge in [0.1, 0.15) is 5.75 Å². The van der Waals surface area contributed by atoms with Crippen molar-refractivity contribution in [1.29, 1.82) is 0 Å². The molecule has 1 aliphatic heterocycles. The Balaban J connectivity index is 1.47. The van der Waals surface area contributed by atoms with Crippen LogP contribution in [-0.2, 0) is 4.79 Å². The number of carbonyl (C=O) groups is 2. The lowest BCUT2D eigenvalue weighted by Gasteiger charge is -2.32. The summed E-state index contributed by atoms with van der Waals surface area (Å²) < 4.78 is 5.66. The molecule has 1 saturated heterocycles. The Morgan fingerprint density at radius 3 is 2.55 bits per heavy atom. The first-order valence-electron chi connectivity index (χ1n) is 9.58. The van der Waals surface area contributed by atoms with Gasteiger partial charge in [-0.3, -0.25) is 9.59 Å². The second-order valence-electron chi connectivity index (χ2n) is 7.24. The maximum absolute atomic E-state index is 12.7. The SMILES string of the molecule is Cc1cccc(OCC(=O)NC2CCN(C(=O)c3ccc(Cl)cc3Cl)CC2)c1C. The molecule has 1 heterocycles. The minimum Gasteiger partial charge on any atom is -0.483 e. The molecular weight excluding hydrogens is 411 g/mol. The molecule has 5 nitrogen and oxygen atoms in total. The molecule has 1 fully saturated rings. The van der Waals surface area contributed by atoms with Crippen molar-refractivity contribution in [2.45, 2.75) is 32.7 Å². The fourth-order valence-corrected chi connectivity index (χ4v) is 3.84. The molecule has 2 aromatic carbocycles. The first-order chi connectivity index (χ1) is 13.8. The Labute approximate surface area is 180 Å². The van der Waals surface area contributed by atoms with E-state index in [1.165, 1.54) is 0 Å². The number of hydrogen-bond acceptors (Lipinski definition) is 3. The van der Waals surface area contributed by atoms with Crippen molar-refractivity contribution >= 4 is 35.0 Å². The third-order valence-corrected chi connectivity index (χ3v) is 5.77. The highest BCUT2D eigenvalue weighted by molar-refractivity contribution is 6.36. The molecule has 0 unspecified atom stereocenters. The van der Waals surface area contributed by atoms with Gasteiger partial charge < -0.3 is 15.0 Å². The van der Waals surface area contributed by atoms with Crippen molar-refractivity contribution < 1.29 is 14.3 Å². The van der Waals surface area contributed by atoms with Gasteiger partial charge in [0, 0.05) is 24.2 Å². The van der Waals surface area contributed by atoms with E-state index in [9.17, 15) is 9.59 Å². The van der Waals surface area contributed by atoms with Gasteiger partial charge in [-0.15, -0.1) is 0 Å². The average Bonchev–Trinajstić information content (AvgIpc) is 2.69. The van der Waals surface area contributed by atoms with Gasteiger partial charge in [-0.25, -0.2) is 0 Å². The molecule has 0 aliphatic carbocycles. The van der Waals surface area contributed by atoms with E-state index in [2.05, 4.69) is 5.32 Å². The Kier molecular flexibility index (Phi) is 7.04. The van der Waals surface area contributed by atoms with Crippen LogP contribution in [0.4, 0.5) is 0 Å². The third kappa shape index (κ3) is 5.43. The van der Waals surface area contributed by atoms with E-state index in [0.29, 0.717) is 41.5 Å². The van der Waals surface area contributed by atoms with Crippen LogP contribution in [0.15, 0.2) is 36.4 Å². The molecular formula is C22H24Cl2N2O3. The van der Waals surface area contributed by atoms with E-state index in [4.69, 9.17) is 27.9 Å². The lowest BCUT2D eigenvalue weighted by atomic mass is 10.0. The average molecular weight is 435 g/mol. The second kappa shape index (κ2) is 9.51. The zero-order valence-corrected chi connectivity index (χ0v) is 18.0. The van der Waals surface area contributed by atoms with E-state index in [1.807, 2.05) is 32.0 Å². The van der Waals surface area contributed by atoms with Gasteiger partial charge in [-0.2, -0.15) is 0 Å². The number of amides is 2. The maximum atomic E-state index is 12.7. The van der Waals surface area contributed by atoms with Crippen LogP contribution in [0.25, 0.3) is 0 Å². The largest absolute Gasteiger partial charge is 0.483 e. The summed E-state index contributed by atoms with van der Waals surface area (Å²) in [7, 11) is 0. The molecule has 7 heteroatoms. The number of benzene rings is 2. The summed E-state index contributed by atoms with van der Waals surface area (Å²) in [5, 5.41) is 3.84. The van der Waals surface area contributed by atoms with Crippen molar-refractivity contribution in [3.63, 3.8) is 0 Å². The van der Waals surface area contributed by atoms with Crippen LogP contribution in [-0.4, -0.2) is 42.5 Å². The van der Waals surface area contributed by atoms with Gasteiger partial charge in [0.25, 0.3) is 11.8 Å². The fourth-order valence-electron chi connectivity index (χ4n) is 3.35. The number of nitrogens with one attached hydrogen (secondary N) is 1. The van der Waals surface area contributed by atoms with E-state index in [1.54, 1.807) is 23.1 Å². The molecule has 0 aromatic heterocycles. The van der Waals surface area contributed by atoms with Crippen molar-refractivity contribution in [2.24, 2.45) is 0 Å². The number of rotatable bonds is 5. The number of aryl methyl sites for hydroxylation is 1. The van der Waals surface area contributed by atoms with Crippen LogP contribution in [0.5, 0.6) is 5.75 Å². The zero-order valence-electron chi connectivity index (χ0n) is 16.5. The number of piperidine rings is 1. The van der Waals surface area contributed by atoms with E-state index in [0.717, 1.165) is 16.9 Å². The molecule has 1 aliphatic rings. The standard InChI is InChI=1S/C22H24Cl2N2O3/c1-14-4-3-5-20(15(14)2)29-13-21(27)25-17-8-10-26(11-9-17)22(28)18-7-6-16(23)12-19(18)24/h3-7,12,17H,8-11,13H2,1-2H3,(H,25,27). The Hall–Kier alpha value is -2.24. The summed E-state index contributed by atoms with van der Waals surface area (Å²) >= 11 is 12.0. The third-order valence-electron chi connectivity index (χ3n) is 5.22. The Morgan fingerprint density at radius 1 is 1.14 bits per heavy atom. The van der Waals surface area contributed by atoms with Crippen LogP contribution in [0.1, 0.15) is 34.3 Å². The number of likely N-dealkylation sites (tertiary alicyclic amines) is 1. The maximum Gasteiger partial charge on any atom is 0.258 e. The summed E-state index contributed by atoms with van der Waals surface area (Å²) in [4.78, 5) is 26.7. The number of carbonyl (C=O) groups excluding carboxylic acids is 2. The van der Waals surface area contributed by atoms with Gasteiger partial charge in [0.2, 0.25) is 0 Å². The highest BCUT2D eigenvalue weighted by Crippen LogP contribution is 2.24. The highest BCUT2D eigenvalue weighted by atomic mass is 35.5. The van der Waals surface area contributed by atoms with Gasteiger partial charge in [0.05, 0.1) is 10.6 Å². The monoisotopic (exact) mass is 434 g/mol. The van der Waals surface area contributed by atoms with Gasteiger partial charge in [-0.1, -0.05) is 35.3 Å². The molecule has 0 bridgehead atoms. The van der Waals surface area contributed by atoms with Crippen LogP contribution in [0.3, 0.4) is 0 Å². The van der Waals surface area contributed by atoms with Crippen LogP contribution >= 0.6 is 23.2 Å². The highest BCUT2D eigenvalue weighted by Gasteiger charge is 2.25. The Bertz CT molecular complexity index is 909. The zero-order chi connectivity index (χ0) is 21.0. The van der Waals surface area contributed by atoms with E-state index in [-0.39, 0.29) is 24.5 Å². The summed E-state index contributed by atoms with van der Waals surface area (Å²) in [5.41, 5.74) is 2.61. The molecule has 2 amide bonds. The smallest absolute Gasteiger partial charge is 0.258 e. The summed E-state index contributed by atoms with van der Waals surface area (Å²) in [5.74, 6) is 0.450. The quantitative estimate of drug-likeness (QED) is 0.757. The lowest BCUT2D eigenvalue weighted by Crippen LogP contribution is -2.47. The predicted molar refractivity (Wildman–Crippen MR) is 115 cm³/mol. The van der Waals surface area contributed by atoms with Crippen LogP contribution in [0, 0.1) is 13.8 Å². The first kappa shape index (κ1) is 21.5. The molecule has 29 heavy (non-hydrogen) atoms. The summed E-state index contributed by atoms with van der Waals surface area (Å²) in [6.45, 7) is 5.07. The van der Waals surface area contributed by atoms with Crippen LogP contribution < -0.4 is 10.1 Å². The number of halogens is 2. The number of hydrogen-bond donors (Lipinski definition) is 1. The topological polar surface area (TPSA) is 58.6 Å². The van der Waals surface area contributed by atoms with E-state index >= 15 is 0 Å². The number of ether oxygens (including phenoxy) is 1. The lowest BCUT2D eigenvalue weighted by molar-refractivity contribution is -0.124. The van der Waals surface area contributed by atoms with Crippen LogP contribution in [0.2, 0.25) is 10.0 Å². The predicted octanol–water partition coefficient (Wildman–Crippen LogP) is 4.41. The molecule has 0 saturated carbocycles. The van der Waals surface area contributed by atoms with Crippen molar-refractivity contribution in [1.82, 2.24) is 10.2 Å². The van der Waals surface area contributed by atoms with Crippen molar-refractivity contribution in [2.75, 3.05) is 19.7 Å². The second-order valence-corrected chi connectivity index (χ2v) is 8.09. The molecule has 3 rings (SSSR count). The van der Waals surface area contributed by atoms with Crippen molar-refractivity contribution in [3.8, 4) is 5.75 Å². The van der Waals surface area contributed by atoms with Gasteiger partial charge in [0.15, 0.2) is 6.61 Å². The van der Waals surface area contributed by atoms with Crippen molar-refractivity contribution in [3.05, 3.63) is 63.1 Å². The molecule has 1 N–H and O–H groups in total.